The van der Waals surface area contributed by atoms with Crippen molar-refractivity contribution in [1.82, 2.24) is 0 Å². The van der Waals surface area contributed by atoms with E-state index in [2.05, 4.69) is 24.3 Å². The minimum atomic E-state index is 0.794. The molecule has 0 unspecified atom stereocenters. The molecule has 4 radical (unpaired) electrons. The molecule has 2 heteroatoms. The van der Waals surface area contributed by atoms with Crippen LogP contribution in [-0.4, -0.2) is 15.7 Å². The predicted molar refractivity (Wildman–Crippen MR) is 72.2 cm³/mol. The average molecular weight is 198 g/mol. The van der Waals surface area contributed by atoms with E-state index < -0.39 is 0 Å². The van der Waals surface area contributed by atoms with Gasteiger partial charge in [0.25, 0.3) is 0 Å². The lowest BCUT2D eigenvalue weighted by atomic mass is 9.89. The SMILES string of the molecule is [B]c1ccc2c(ccc3cc([B])ccc32)c1. The van der Waals surface area contributed by atoms with Crippen molar-refractivity contribution in [2.24, 2.45) is 0 Å². The highest BCUT2D eigenvalue weighted by molar-refractivity contribution is 6.34. The molecule has 0 amide bonds. The second-order valence-electron chi connectivity index (χ2n) is 4.03. The third-order valence-electron chi connectivity index (χ3n) is 2.88. The summed E-state index contributed by atoms with van der Waals surface area (Å²) >= 11 is 0. The van der Waals surface area contributed by atoms with Crippen molar-refractivity contribution in [3.8, 4) is 0 Å². The van der Waals surface area contributed by atoms with Gasteiger partial charge in [0.05, 0.1) is 0 Å². The second-order valence-corrected chi connectivity index (χ2v) is 4.03. The van der Waals surface area contributed by atoms with E-state index in [0.29, 0.717) is 0 Å². The first-order chi connectivity index (χ1) is 7.74. The first kappa shape index (κ1) is 9.53. The first-order valence-corrected chi connectivity index (χ1v) is 5.21. The molecule has 0 bridgehead atoms. The standard InChI is InChI=1S/C14H8B2/c15-11-3-5-13-9(7-11)1-2-10-8-12(16)4-6-14(10)13/h1-8H. The molecular formula is C14H8B2. The third-order valence-corrected chi connectivity index (χ3v) is 2.88. The van der Waals surface area contributed by atoms with Gasteiger partial charge in [0.1, 0.15) is 15.7 Å². The third kappa shape index (κ3) is 1.42. The molecule has 0 aliphatic carbocycles. The highest BCUT2D eigenvalue weighted by atomic mass is 14.0. The van der Waals surface area contributed by atoms with Gasteiger partial charge in [0.15, 0.2) is 0 Å². The lowest BCUT2D eigenvalue weighted by Crippen LogP contribution is -2.01. The molecule has 0 saturated heterocycles. The molecule has 0 N–H and O–H groups in total. The minimum absolute atomic E-state index is 0.794. The molecule has 3 rings (SSSR count). The fourth-order valence-corrected chi connectivity index (χ4v) is 2.11. The van der Waals surface area contributed by atoms with E-state index in [9.17, 15) is 0 Å². The smallest absolute Gasteiger partial charge is 0.0960 e. The molecule has 0 nitrogen and oxygen atoms in total. The van der Waals surface area contributed by atoms with Crippen LogP contribution in [0.5, 0.6) is 0 Å². The van der Waals surface area contributed by atoms with Gasteiger partial charge in [-0.15, -0.1) is 0 Å². The van der Waals surface area contributed by atoms with Gasteiger partial charge in [-0.25, -0.2) is 0 Å². The number of fused-ring (bicyclic) bond motifs is 3. The summed E-state index contributed by atoms with van der Waals surface area (Å²) in [6.45, 7) is 0. The van der Waals surface area contributed by atoms with Gasteiger partial charge >= 0.3 is 0 Å². The molecule has 0 aliphatic heterocycles. The Kier molecular flexibility index (Phi) is 2.03. The van der Waals surface area contributed by atoms with Crippen LogP contribution in [-0.2, 0) is 0 Å². The Labute approximate surface area is 97.1 Å². The van der Waals surface area contributed by atoms with Crippen LogP contribution < -0.4 is 10.9 Å². The highest BCUT2D eigenvalue weighted by Gasteiger charge is 2.00. The predicted octanol–water partition coefficient (Wildman–Crippen LogP) is 1.58. The molecule has 0 heterocycles. The van der Waals surface area contributed by atoms with E-state index in [4.69, 9.17) is 15.7 Å². The molecule has 0 aromatic heterocycles. The van der Waals surface area contributed by atoms with E-state index in [1.54, 1.807) is 0 Å². The van der Waals surface area contributed by atoms with Crippen molar-refractivity contribution in [2.75, 3.05) is 0 Å². The molecule has 0 atom stereocenters. The molecule has 70 valence electrons. The monoisotopic (exact) mass is 198 g/mol. The number of hydrogen-bond donors (Lipinski definition) is 0. The summed E-state index contributed by atoms with van der Waals surface area (Å²) in [4.78, 5) is 0. The van der Waals surface area contributed by atoms with E-state index in [-0.39, 0.29) is 0 Å². The summed E-state index contributed by atoms with van der Waals surface area (Å²) in [7, 11) is 11.5. The van der Waals surface area contributed by atoms with E-state index in [0.717, 1.165) is 21.7 Å². The quantitative estimate of drug-likeness (QED) is 0.380. The fraction of sp³-hybridized carbons (Fsp3) is 0. The van der Waals surface area contributed by atoms with Crippen LogP contribution in [0, 0.1) is 0 Å². The van der Waals surface area contributed by atoms with Crippen molar-refractivity contribution >= 4 is 48.2 Å². The zero-order valence-electron chi connectivity index (χ0n) is 8.77. The highest BCUT2D eigenvalue weighted by Crippen LogP contribution is 2.23. The van der Waals surface area contributed by atoms with Crippen molar-refractivity contribution in [3.63, 3.8) is 0 Å². The Hall–Kier alpha value is -1.69. The average Bonchev–Trinajstić information content (AvgIpc) is 2.28. The summed E-state index contributed by atoms with van der Waals surface area (Å²) < 4.78 is 0. The minimum Gasteiger partial charge on any atom is -0.0960 e. The number of rotatable bonds is 0. The zero-order chi connectivity index (χ0) is 11.1. The van der Waals surface area contributed by atoms with Crippen molar-refractivity contribution in [3.05, 3.63) is 48.5 Å². The lowest BCUT2D eigenvalue weighted by molar-refractivity contribution is 1.82. The molecule has 0 aliphatic rings. The van der Waals surface area contributed by atoms with Gasteiger partial charge in [-0.1, -0.05) is 59.5 Å². The summed E-state index contributed by atoms with van der Waals surface area (Å²) in [5, 5.41) is 4.76. The van der Waals surface area contributed by atoms with E-state index in [1.165, 1.54) is 10.8 Å². The molecular weight excluding hydrogens is 190 g/mol. The molecule has 0 spiro atoms. The summed E-state index contributed by atoms with van der Waals surface area (Å²) in [5.74, 6) is 0. The van der Waals surface area contributed by atoms with Gasteiger partial charge in [-0.3, -0.25) is 0 Å². The summed E-state index contributed by atoms with van der Waals surface area (Å²) in [6.07, 6.45) is 0. The Morgan fingerprint density at radius 3 is 1.44 bits per heavy atom. The fourth-order valence-electron chi connectivity index (χ4n) is 2.11. The maximum Gasteiger partial charge on any atom is 0.113 e. The van der Waals surface area contributed by atoms with Crippen LogP contribution in [0.2, 0.25) is 0 Å². The Bertz CT molecular complexity index is 626. The van der Waals surface area contributed by atoms with Crippen molar-refractivity contribution in [2.45, 2.75) is 0 Å². The van der Waals surface area contributed by atoms with Crippen LogP contribution in [0.25, 0.3) is 21.5 Å². The largest absolute Gasteiger partial charge is 0.113 e. The molecule has 3 aromatic rings. The lowest BCUT2D eigenvalue weighted by Gasteiger charge is -2.05. The second kappa shape index (κ2) is 3.41. The molecule has 3 aromatic carbocycles. The van der Waals surface area contributed by atoms with Gasteiger partial charge in [-0.05, 0) is 21.5 Å². The van der Waals surface area contributed by atoms with Crippen LogP contribution in [0.3, 0.4) is 0 Å². The van der Waals surface area contributed by atoms with Gasteiger partial charge in [-0.2, -0.15) is 0 Å². The Balaban J connectivity index is 2.50. The number of benzene rings is 3. The van der Waals surface area contributed by atoms with Crippen LogP contribution in [0.1, 0.15) is 0 Å². The topological polar surface area (TPSA) is 0 Å². The van der Waals surface area contributed by atoms with E-state index in [1.807, 2.05) is 24.3 Å². The first-order valence-electron chi connectivity index (χ1n) is 5.21. The van der Waals surface area contributed by atoms with Gasteiger partial charge in [0, 0.05) is 0 Å². The van der Waals surface area contributed by atoms with Crippen LogP contribution in [0.4, 0.5) is 0 Å². The molecule has 0 fully saturated rings. The zero-order valence-corrected chi connectivity index (χ0v) is 8.77. The maximum absolute atomic E-state index is 5.77. The molecule has 16 heavy (non-hydrogen) atoms. The summed E-state index contributed by atoms with van der Waals surface area (Å²) in [5.41, 5.74) is 1.59. The molecule has 0 saturated carbocycles. The van der Waals surface area contributed by atoms with E-state index >= 15 is 0 Å². The Morgan fingerprint density at radius 1 is 0.562 bits per heavy atom. The number of hydrogen-bond acceptors (Lipinski definition) is 0. The van der Waals surface area contributed by atoms with Gasteiger partial charge in [0.2, 0.25) is 0 Å². The van der Waals surface area contributed by atoms with Crippen molar-refractivity contribution in [1.29, 1.82) is 0 Å². The summed E-state index contributed by atoms with van der Waals surface area (Å²) in [6, 6.07) is 16.1. The maximum atomic E-state index is 5.77. The normalized spacial score (nSPS) is 11.0. The van der Waals surface area contributed by atoms with Gasteiger partial charge < -0.3 is 0 Å². The van der Waals surface area contributed by atoms with Crippen molar-refractivity contribution < 1.29 is 0 Å². The Morgan fingerprint density at radius 2 is 1.00 bits per heavy atom. The van der Waals surface area contributed by atoms with Crippen LogP contribution >= 0.6 is 0 Å². The van der Waals surface area contributed by atoms with Crippen LogP contribution in [0.15, 0.2) is 48.5 Å².